The van der Waals surface area contributed by atoms with Crippen LogP contribution >= 0.6 is 0 Å². The van der Waals surface area contributed by atoms with Crippen LogP contribution in [0.1, 0.15) is 12.8 Å². The van der Waals surface area contributed by atoms with Crippen LogP contribution in [-0.2, 0) is 6.54 Å². The summed E-state index contributed by atoms with van der Waals surface area (Å²) >= 11 is 0. The summed E-state index contributed by atoms with van der Waals surface area (Å²) in [5, 5.41) is 4.03. The zero-order valence-electron chi connectivity index (χ0n) is 15.6. The van der Waals surface area contributed by atoms with E-state index in [-0.39, 0.29) is 6.10 Å². The van der Waals surface area contributed by atoms with Crippen LogP contribution in [0.5, 0.6) is 5.75 Å². The number of likely N-dealkylation sites (N-methyl/N-ethyl adjacent to an activating group) is 2. The Kier molecular flexibility index (Phi) is 5.02. The molecule has 7 heteroatoms. The molecule has 7 nitrogen and oxygen atoms in total. The predicted octanol–water partition coefficient (Wildman–Crippen LogP) is 2.85. The van der Waals surface area contributed by atoms with Crippen molar-refractivity contribution in [3.8, 4) is 17.3 Å². The molecule has 0 radical (unpaired) electrons. The fraction of sp³-hybridized carbons (Fsp3) is 0.350. The maximum atomic E-state index is 6.19. The van der Waals surface area contributed by atoms with E-state index in [1.54, 1.807) is 6.20 Å². The molecule has 0 spiro atoms. The van der Waals surface area contributed by atoms with Gasteiger partial charge in [-0.3, -0.25) is 9.88 Å². The molecule has 140 valence electrons. The van der Waals surface area contributed by atoms with Gasteiger partial charge in [0, 0.05) is 19.3 Å². The molecule has 0 fully saturated rings. The zero-order chi connectivity index (χ0) is 18.6. The third kappa shape index (κ3) is 3.93. The summed E-state index contributed by atoms with van der Waals surface area (Å²) in [6.07, 6.45) is 1.80. The molecule has 1 atom stereocenters. The van der Waals surface area contributed by atoms with Crippen LogP contribution in [0.3, 0.4) is 0 Å². The highest BCUT2D eigenvalue weighted by Gasteiger charge is 2.26. The van der Waals surface area contributed by atoms with Gasteiger partial charge in [0.1, 0.15) is 17.5 Å². The lowest BCUT2D eigenvalue weighted by Gasteiger charge is -2.37. The van der Waals surface area contributed by atoms with E-state index in [0.29, 0.717) is 24.0 Å². The van der Waals surface area contributed by atoms with E-state index >= 15 is 0 Å². The summed E-state index contributed by atoms with van der Waals surface area (Å²) in [6.45, 7) is 5.32. The summed E-state index contributed by atoms with van der Waals surface area (Å²) in [7, 11) is 2.03. The van der Waals surface area contributed by atoms with Crippen molar-refractivity contribution in [1.29, 1.82) is 0 Å². The number of anilines is 1. The van der Waals surface area contributed by atoms with E-state index < -0.39 is 0 Å². The van der Waals surface area contributed by atoms with Crippen LogP contribution in [-0.4, -0.2) is 52.8 Å². The van der Waals surface area contributed by atoms with Gasteiger partial charge in [0.2, 0.25) is 11.7 Å². The molecule has 3 aromatic rings. The maximum absolute atomic E-state index is 6.19. The molecule has 0 bridgehead atoms. The quantitative estimate of drug-likeness (QED) is 0.665. The van der Waals surface area contributed by atoms with Gasteiger partial charge in [-0.15, -0.1) is 0 Å². The molecule has 0 aliphatic carbocycles. The van der Waals surface area contributed by atoms with E-state index in [1.165, 1.54) is 0 Å². The number of rotatable bonds is 6. The van der Waals surface area contributed by atoms with E-state index in [2.05, 4.69) is 37.9 Å². The van der Waals surface area contributed by atoms with E-state index in [9.17, 15) is 0 Å². The molecule has 4 rings (SSSR count). The first kappa shape index (κ1) is 17.5. The molecule has 1 aromatic carbocycles. The molecule has 0 saturated carbocycles. The van der Waals surface area contributed by atoms with Gasteiger partial charge in [-0.05, 0) is 38.2 Å². The van der Waals surface area contributed by atoms with Crippen LogP contribution in [0.4, 0.5) is 5.69 Å². The van der Waals surface area contributed by atoms with Gasteiger partial charge in [-0.1, -0.05) is 23.4 Å². The van der Waals surface area contributed by atoms with Crippen LogP contribution in [0, 0.1) is 0 Å². The summed E-state index contributed by atoms with van der Waals surface area (Å²) in [5.74, 6) is 2.03. The SMILES string of the molecule is CCN1C[C@H](CN(C)Cc2nc(-c3ccccn3)no2)Oc2ccccc21. The summed E-state index contributed by atoms with van der Waals surface area (Å²) in [6, 6.07) is 13.8. The van der Waals surface area contributed by atoms with Gasteiger partial charge in [0.05, 0.1) is 18.8 Å². The molecule has 3 heterocycles. The Hall–Kier alpha value is -2.93. The minimum absolute atomic E-state index is 0.0861. The normalized spacial score (nSPS) is 16.3. The van der Waals surface area contributed by atoms with Gasteiger partial charge in [0.25, 0.3) is 0 Å². The smallest absolute Gasteiger partial charge is 0.241 e. The summed E-state index contributed by atoms with van der Waals surface area (Å²) in [5.41, 5.74) is 1.87. The fourth-order valence-corrected chi connectivity index (χ4v) is 3.33. The molecule has 0 saturated heterocycles. The Labute approximate surface area is 158 Å². The molecule has 0 N–H and O–H groups in total. The largest absolute Gasteiger partial charge is 0.485 e. The Morgan fingerprint density at radius 1 is 1.19 bits per heavy atom. The highest BCUT2D eigenvalue weighted by molar-refractivity contribution is 5.60. The van der Waals surface area contributed by atoms with E-state index in [4.69, 9.17) is 9.26 Å². The van der Waals surface area contributed by atoms with Crippen molar-refractivity contribution in [3.63, 3.8) is 0 Å². The highest BCUT2D eigenvalue weighted by Crippen LogP contribution is 2.32. The molecule has 27 heavy (non-hydrogen) atoms. The lowest BCUT2D eigenvalue weighted by molar-refractivity contribution is 0.133. The number of ether oxygens (including phenoxy) is 1. The third-order valence-electron chi connectivity index (χ3n) is 4.59. The van der Waals surface area contributed by atoms with Gasteiger partial charge in [-0.25, -0.2) is 0 Å². The van der Waals surface area contributed by atoms with Crippen molar-refractivity contribution in [1.82, 2.24) is 20.0 Å². The van der Waals surface area contributed by atoms with E-state index in [0.717, 1.165) is 31.1 Å². The first-order valence-corrected chi connectivity index (χ1v) is 9.16. The number of benzene rings is 1. The number of para-hydroxylation sites is 2. The van der Waals surface area contributed by atoms with Crippen molar-refractivity contribution < 1.29 is 9.26 Å². The minimum atomic E-state index is 0.0861. The van der Waals surface area contributed by atoms with Gasteiger partial charge >= 0.3 is 0 Å². The van der Waals surface area contributed by atoms with Crippen LogP contribution in [0.15, 0.2) is 53.2 Å². The number of fused-ring (bicyclic) bond motifs is 1. The monoisotopic (exact) mass is 365 g/mol. The van der Waals surface area contributed by atoms with Gasteiger partial charge in [-0.2, -0.15) is 4.98 Å². The number of hydrogen-bond donors (Lipinski definition) is 0. The zero-order valence-corrected chi connectivity index (χ0v) is 15.6. The number of pyridine rings is 1. The van der Waals surface area contributed by atoms with Crippen LogP contribution in [0.2, 0.25) is 0 Å². The fourth-order valence-electron chi connectivity index (χ4n) is 3.33. The Balaban J connectivity index is 1.39. The molecule has 1 aliphatic heterocycles. The van der Waals surface area contributed by atoms with Crippen molar-refractivity contribution >= 4 is 5.69 Å². The highest BCUT2D eigenvalue weighted by atomic mass is 16.5. The summed E-state index contributed by atoms with van der Waals surface area (Å²) in [4.78, 5) is 13.2. The average Bonchev–Trinajstić information content (AvgIpc) is 3.16. The molecular formula is C20H23N5O2. The second kappa shape index (κ2) is 7.75. The lowest BCUT2D eigenvalue weighted by Crippen LogP contribution is -2.45. The van der Waals surface area contributed by atoms with Crippen molar-refractivity contribution in [3.05, 3.63) is 54.6 Å². The Bertz CT molecular complexity index is 883. The minimum Gasteiger partial charge on any atom is -0.485 e. The number of nitrogens with zero attached hydrogens (tertiary/aromatic N) is 5. The maximum Gasteiger partial charge on any atom is 0.241 e. The Morgan fingerprint density at radius 3 is 2.85 bits per heavy atom. The van der Waals surface area contributed by atoms with Crippen LogP contribution < -0.4 is 9.64 Å². The van der Waals surface area contributed by atoms with Crippen molar-refractivity contribution in [2.45, 2.75) is 19.6 Å². The van der Waals surface area contributed by atoms with Crippen molar-refractivity contribution in [2.75, 3.05) is 31.6 Å². The first-order valence-electron chi connectivity index (χ1n) is 9.16. The number of aromatic nitrogens is 3. The average molecular weight is 365 g/mol. The van der Waals surface area contributed by atoms with Crippen molar-refractivity contribution in [2.24, 2.45) is 0 Å². The molecule has 0 unspecified atom stereocenters. The molecule has 0 amide bonds. The Morgan fingerprint density at radius 2 is 2.04 bits per heavy atom. The second-order valence-corrected chi connectivity index (χ2v) is 6.67. The first-order chi connectivity index (χ1) is 13.2. The number of hydrogen-bond acceptors (Lipinski definition) is 7. The lowest BCUT2D eigenvalue weighted by atomic mass is 10.2. The molecule has 2 aromatic heterocycles. The summed E-state index contributed by atoms with van der Waals surface area (Å²) < 4.78 is 11.6. The topological polar surface area (TPSA) is 67.5 Å². The van der Waals surface area contributed by atoms with Gasteiger partial charge in [0.15, 0.2) is 0 Å². The van der Waals surface area contributed by atoms with Crippen LogP contribution in [0.25, 0.3) is 11.5 Å². The molecular weight excluding hydrogens is 342 g/mol. The third-order valence-corrected chi connectivity index (χ3v) is 4.59. The second-order valence-electron chi connectivity index (χ2n) is 6.67. The predicted molar refractivity (Wildman–Crippen MR) is 103 cm³/mol. The van der Waals surface area contributed by atoms with E-state index in [1.807, 2.05) is 43.4 Å². The molecule has 1 aliphatic rings. The van der Waals surface area contributed by atoms with Gasteiger partial charge < -0.3 is 14.2 Å². The standard InChI is InChI=1S/C20H23N5O2/c1-3-25-13-15(26-18-10-5-4-9-17(18)25)12-24(2)14-19-22-20(23-27-19)16-8-6-7-11-21-16/h4-11,15H,3,12-14H2,1-2H3/t15-/m0/s1.